The van der Waals surface area contributed by atoms with Crippen LogP contribution < -0.4 is 5.32 Å². The molecule has 1 aliphatic rings. The number of Topliss-reactive ketones (excluding diaryl/α,β-unsaturated/α-hetero) is 2. The summed E-state index contributed by atoms with van der Waals surface area (Å²) in [6.45, 7) is 5.70. The van der Waals surface area contributed by atoms with Crippen molar-refractivity contribution in [3.63, 3.8) is 0 Å². The molecule has 0 radical (unpaired) electrons. The Bertz CT molecular complexity index is 580. The van der Waals surface area contributed by atoms with E-state index in [1.54, 1.807) is 33.2 Å². The average Bonchev–Trinajstić information content (AvgIpc) is 2.91. The number of carbonyl (C=O) groups is 2. The predicted molar refractivity (Wildman–Crippen MR) is 72.8 cm³/mol. The normalized spacial score (nSPS) is 16.4. The van der Waals surface area contributed by atoms with Crippen molar-refractivity contribution in [3.05, 3.63) is 34.7 Å². The Morgan fingerprint density at radius 2 is 1.79 bits per heavy atom. The van der Waals surface area contributed by atoms with E-state index < -0.39 is 0 Å². The zero-order chi connectivity index (χ0) is 14.0. The molecule has 1 heterocycles. The van der Waals surface area contributed by atoms with Crippen LogP contribution in [0, 0.1) is 0 Å². The lowest BCUT2D eigenvalue weighted by atomic mass is 9.84. The highest BCUT2D eigenvalue weighted by molar-refractivity contribution is 6.24. The van der Waals surface area contributed by atoms with Gasteiger partial charge in [-0.25, -0.2) is 4.98 Å². The Labute approximate surface area is 111 Å². The number of imidazole rings is 1. The average molecular weight is 259 g/mol. The number of rotatable bonds is 4. The second kappa shape index (κ2) is 5.22. The van der Waals surface area contributed by atoms with Gasteiger partial charge in [-0.15, -0.1) is 0 Å². The first-order chi connectivity index (χ1) is 9.02. The first-order valence-electron chi connectivity index (χ1n) is 6.22. The number of H-pyrrole nitrogens is 1. The second-order valence-electron chi connectivity index (χ2n) is 4.63. The molecule has 0 aliphatic heterocycles. The highest BCUT2D eigenvalue weighted by atomic mass is 16.1. The molecule has 0 fully saturated rings. The van der Waals surface area contributed by atoms with Crippen LogP contribution in [0.3, 0.4) is 0 Å². The van der Waals surface area contributed by atoms with Crippen molar-refractivity contribution < 1.29 is 9.59 Å². The number of hydrogen-bond donors (Lipinski definition) is 2. The Balaban J connectivity index is 2.07. The Morgan fingerprint density at radius 1 is 1.11 bits per heavy atom. The maximum absolute atomic E-state index is 12.2. The molecule has 2 N–H and O–H groups in total. The number of hydrogen-bond acceptors (Lipinski definition) is 4. The maximum atomic E-state index is 12.2. The standard InChI is InChI=1S/C14H17N3O2/c1-8-9(2)13(19)11(10(3)12(8)18)4-5-15-14-16-6-7-17-14/h6-7H,4-5H2,1-3H3,(H2,15,16,17). The Morgan fingerprint density at radius 3 is 2.42 bits per heavy atom. The predicted octanol–water partition coefficient (Wildman–Crippen LogP) is 2.02. The molecule has 1 aromatic rings. The van der Waals surface area contributed by atoms with Gasteiger partial charge in [-0.2, -0.15) is 0 Å². The largest absolute Gasteiger partial charge is 0.355 e. The highest BCUT2D eigenvalue weighted by Gasteiger charge is 2.27. The van der Waals surface area contributed by atoms with Crippen LogP contribution in [0.25, 0.3) is 0 Å². The van der Waals surface area contributed by atoms with Gasteiger partial charge in [0, 0.05) is 41.2 Å². The molecule has 5 nitrogen and oxygen atoms in total. The van der Waals surface area contributed by atoms with Crippen molar-refractivity contribution in [3.8, 4) is 0 Å². The van der Waals surface area contributed by atoms with Gasteiger partial charge in [0.05, 0.1) is 0 Å². The number of ketones is 2. The fourth-order valence-corrected chi connectivity index (χ4v) is 2.12. The quantitative estimate of drug-likeness (QED) is 0.811. The maximum Gasteiger partial charge on any atom is 0.200 e. The van der Waals surface area contributed by atoms with Gasteiger partial charge < -0.3 is 10.3 Å². The fraction of sp³-hybridized carbons (Fsp3) is 0.357. The third-order valence-electron chi connectivity index (χ3n) is 3.48. The Hall–Kier alpha value is -2.17. The summed E-state index contributed by atoms with van der Waals surface area (Å²) in [5, 5.41) is 3.07. The molecular weight excluding hydrogens is 242 g/mol. The van der Waals surface area contributed by atoms with Gasteiger partial charge in [0.2, 0.25) is 0 Å². The molecule has 0 unspecified atom stereocenters. The number of allylic oxidation sites excluding steroid dienone is 3. The number of nitrogens with one attached hydrogen (secondary N) is 2. The molecule has 5 heteroatoms. The summed E-state index contributed by atoms with van der Waals surface area (Å²) < 4.78 is 0. The lowest BCUT2D eigenvalue weighted by molar-refractivity contribution is -0.116. The van der Waals surface area contributed by atoms with E-state index >= 15 is 0 Å². The van der Waals surface area contributed by atoms with Crippen molar-refractivity contribution in [2.45, 2.75) is 27.2 Å². The van der Waals surface area contributed by atoms with Crippen molar-refractivity contribution in [2.75, 3.05) is 11.9 Å². The smallest absolute Gasteiger partial charge is 0.200 e. The number of anilines is 1. The monoisotopic (exact) mass is 259 g/mol. The lowest BCUT2D eigenvalue weighted by Gasteiger charge is -2.18. The molecule has 0 spiro atoms. The molecule has 19 heavy (non-hydrogen) atoms. The van der Waals surface area contributed by atoms with Crippen LogP contribution >= 0.6 is 0 Å². The van der Waals surface area contributed by atoms with Crippen LogP contribution in [0.15, 0.2) is 34.7 Å². The van der Waals surface area contributed by atoms with Gasteiger partial charge in [0.25, 0.3) is 0 Å². The van der Waals surface area contributed by atoms with Crippen LogP contribution in [0.4, 0.5) is 5.95 Å². The van der Waals surface area contributed by atoms with Crippen LogP contribution in [-0.4, -0.2) is 28.1 Å². The van der Waals surface area contributed by atoms with Crippen molar-refractivity contribution in [1.82, 2.24) is 9.97 Å². The molecule has 1 aliphatic carbocycles. The van der Waals surface area contributed by atoms with E-state index in [9.17, 15) is 9.59 Å². The first-order valence-corrected chi connectivity index (χ1v) is 6.22. The van der Waals surface area contributed by atoms with Crippen molar-refractivity contribution in [1.29, 1.82) is 0 Å². The van der Waals surface area contributed by atoms with E-state index in [0.717, 1.165) is 0 Å². The topological polar surface area (TPSA) is 74.8 Å². The van der Waals surface area contributed by atoms with Gasteiger partial charge in [-0.1, -0.05) is 0 Å². The molecule has 100 valence electrons. The molecule has 0 saturated heterocycles. The van der Waals surface area contributed by atoms with E-state index in [1.165, 1.54) is 0 Å². The highest BCUT2D eigenvalue weighted by Crippen LogP contribution is 2.25. The minimum atomic E-state index is -0.0231. The summed E-state index contributed by atoms with van der Waals surface area (Å²) in [6.07, 6.45) is 3.89. The number of carbonyl (C=O) groups excluding carboxylic acids is 2. The zero-order valence-corrected chi connectivity index (χ0v) is 11.3. The van der Waals surface area contributed by atoms with Gasteiger partial charge in [0.15, 0.2) is 17.5 Å². The molecule has 0 amide bonds. The number of nitrogens with zero attached hydrogens (tertiary/aromatic N) is 1. The fourth-order valence-electron chi connectivity index (χ4n) is 2.12. The summed E-state index contributed by atoms with van der Waals surface area (Å²) >= 11 is 0. The van der Waals surface area contributed by atoms with Gasteiger partial charge in [-0.05, 0) is 27.2 Å². The molecule has 2 rings (SSSR count). The van der Waals surface area contributed by atoms with E-state index in [-0.39, 0.29) is 11.6 Å². The van der Waals surface area contributed by atoms with Crippen LogP contribution in [0.2, 0.25) is 0 Å². The van der Waals surface area contributed by atoms with Gasteiger partial charge >= 0.3 is 0 Å². The minimum Gasteiger partial charge on any atom is -0.355 e. The summed E-state index contributed by atoms with van der Waals surface area (Å²) in [5.41, 5.74) is 2.29. The number of aromatic nitrogens is 2. The van der Waals surface area contributed by atoms with E-state index in [4.69, 9.17) is 0 Å². The summed E-state index contributed by atoms with van der Waals surface area (Å²) in [4.78, 5) is 31.1. The third-order valence-corrected chi connectivity index (χ3v) is 3.48. The molecule has 0 atom stereocenters. The van der Waals surface area contributed by atoms with E-state index in [1.807, 2.05) is 0 Å². The van der Waals surface area contributed by atoms with Crippen molar-refractivity contribution >= 4 is 17.5 Å². The summed E-state index contributed by atoms with van der Waals surface area (Å²) in [6, 6.07) is 0. The number of aromatic amines is 1. The molecule has 0 aromatic carbocycles. The third kappa shape index (κ3) is 2.50. The van der Waals surface area contributed by atoms with Gasteiger partial charge in [-0.3, -0.25) is 9.59 Å². The summed E-state index contributed by atoms with van der Waals surface area (Å²) in [5.74, 6) is 0.622. The van der Waals surface area contributed by atoms with Crippen LogP contribution in [0.5, 0.6) is 0 Å². The lowest BCUT2D eigenvalue weighted by Crippen LogP contribution is -2.22. The Kier molecular flexibility index (Phi) is 3.64. The van der Waals surface area contributed by atoms with Crippen molar-refractivity contribution in [2.24, 2.45) is 0 Å². The van der Waals surface area contributed by atoms with Crippen LogP contribution in [0.1, 0.15) is 27.2 Å². The molecule has 1 aromatic heterocycles. The van der Waals surface area contributed by atoms with E-state index in [2.05, 4.69) is 15.3 Å². The first kappa shape index (κ1) is 13.3. The molecular formula is C14H17N3O2. The molecule has 0 saturated carbocycles. The second-order valence-corrected chi connectivity index (χ2v) is 4.63. The SMILES string of the molecule is CC1=C(C)C(=O)C(CCNc2ncc[nH]2)=C(C)C1=O. The molecule has 0 bridgehead atoms. The zero-order valence-electron chi connectivity index (χ0n) is 11.3. The minimum absolute atomic E-state index is 0.0177. The summed E-state index contributed by atoms with van der Waals surface area (Å²) in [7, 11) is 0. The van der Waals surface area contributed by atoms with Crippen LogP contribution in [-0.2, 0) is 9.59 Å². The van der Waals surface area contributed by atoms with E-state index in [0.29, 0.717) is 41.2 Å². The van der Waals surface area contributed by atoms with Gasteiger partial charge in [0.1, 0.15) is 0 Å².